The summed E-state index contributed by atoms with van der Waals surface area (Å²) in [7, 11) is 2.72. The first kappa shape index (κ1) is 7.17. The van der Waals surface area contributed by atoms with Gasteiger partial charge in [-0.25, -0.2) is 0 Å². The normalized spacial score (nSPS) is 12.1. The first-order chi connectivity index (χ1) is 3.31. The molecule has 0 aromatic carbocycles. The number of allylic oxidation sites excluding steroid dienone is 2. The molecule has 0 aromatic heterocycles. The predicted octanol–water partition coefficient (Wildman–Crippen LogP) is 2.57. The van der Waals surface area contributed by atoms with Crippen LogP contribution in [0.25, 0.3) is 0 Å². The number of hydrogen-bond donors (Lipinski definition) is 0. The van der Waals surface area contributed by atoms with Crippen LogP contribution in [0.3, 0.4) is 0 Å². The highest BCUT2D eigenvalue weighted by molar-refractivity contribution is 7.22. The van der Waals surface area contributed by atoms with Gasteiger partial charge in [0.2, 0.25) is 0 Å². The van der Waals surface area contributed by atoms with Gasteiger partial charge >= 0.3 is 0 Å². The summed E-state index contributed by atoms with van der Waals surface area (Å²) < 4.78 is 0. The average molecular weight is 116 g/mol. The Labute approximate surface area is 48.2 Å². The molecule has 1 unspecified atom stereocenters. The van der Waals surface area contributed by atoms with E-state index in [0.29, 0.717) is 0 Å². The standard InChI is InChI=1S/C6H13P/c1-3-5-6(7)4-2/h4H,3,5,7H2,1-2H3/b6-4+. The van der Waals surface area contributed by atoms with Gasteiger partial charge in [-0.1, -0.05) is 24.7 Å². The highest BCUT2D eigenvalue weighted by Crippen LogP contribution is 2.10. The zero-order valence-electron chi connectivity index (χ0n) is 5.07. The monoisotopic (exact) mass is 116 g/mol. The van der Waals surface area contributed by atoms with Crippen LogP contribution in [0.1, 0.15) is 26.7 Å². The molecule has 0 N–H and O–H groups in total. The van der Waals surface area contributed by atoms with E-state index in [1.165, 1.54) is 18.2 Å². The maximum Gasteiger partial charge on any atom is -0.0286 e. The van der Waals surface area contributed by atoms with Crippen molar-refractivity contribution in [3.05, 3.63) is 11.4 Å². The number of rotatable bonds is 2. The van der Waals surface area contributed by atoms with Gasteiger partial charge in [-0.05, 0) is 13.3 Å². The molecule has 0 spiro atoms. The van der Waals surface area contributed by atoms with Gasteiger partial charge < -0.3 is 0 Å². The van der Waals surface area contributed by atoms with Gasteiger partial charge in [0, 0.05) is 0 Å². The number of hydrogen-bond acceptors (Lipinski definition) is 0. The fourth-order valence-corrected chi connectivity index (χ4v) is 0.722. The summed E-state index contributed by atoms with van der Waals surface area (Å²) in [6.07, 6.45) is 4.61. The SMILES string of the molecule is C/C=C(/P)CCC. The van der Waals surface area contributed by atoms with E-state index in [9.17, 15) is 0 Å². The molecule has 0 heterocycles. The Kier molecular flexibility index (Phi) is 4.44. The average Bonchev–Trinajstić information content (AvgIpc) is 1.68. The van der Waals surface area contributed by atoms with Gasteiger partial charge in [0.1, 0.15) is 0 Å². The summed E-state index contributed by atoms with van der Waals surface area (Å²) in [5.41, 5.74) is 0. The third kappa shape index (κ3) is 4.01. The van der Waals surface area contributed by atoms with Crippen LogP contribution in [0.15, 0.2) is 11.4 Å². The third-order valence-corrected chi connectivity index (χ3v) is 1.53. The highest BCUT2D eigenvalue weighted by atomic mass is 31.0. The van der Waals surface area contributed by atoms with Crippen LogP contribution in [-0.4, -0.2) is 0 Å². The molecule has 7 heavy (non-hydrogen) atoms. The molecule has 0 aliphatic carbocycles. The summed E-state index contributed by atoms with van der Waals surface area (Å²) in [5, 5.41) is 1.42. The van der Waals surface area contributed by atoms with Crippen LogP contribution in [-0.2, 0) is 0 Å². The molecule has 1 heteroatoms. The molecule has 0 amide bonds. The molecule has 0 saturated heterocycles. The third-order valence-electron chi connectivity index (χ3n) is 0.909. The van der Waals surface area contributed by atoms with E-state index in [1.807, 2.05) is 0 Å². The quantitative estimate of drug-likeness (QED) is 0.486. The molecule has 1 atom stereocenters. The molecule has 0 bridgehead atoms. The van der Waals surface area contributed by atoms with Crippen molar-refractivity contribution in [3.8, 4) is 0 Å². The summed E-state index contributed by atoms with van der Waals surface area (Å²) in [6.45, 7) is 4.26. The first-order valence-corrected chi connectivity index (χ1v) is 3.29. The molecular formula is C6H13P. The second-order valence-electron chi connectivity index (χ2n) is 1.61. The van der Waals surface area contributed by atoms with Crippen LogP contribution in [0.4, 0.5) is 0 Å². The Morgan fingerprint density at radius 1 is 1.71 bits per heavy atom. The van der Waals surface area contributed by atoms with Crippen LogP contribution < -0.4 is 0 Å². The fraction of sp³-hybridized carbons (Fsp3) is 0.667. The van der Waals surface area contributed by atoms with E-state index in [4.69, 9.17) is 0 Å². The highest BCUT2D eigenvalue weighted by Gasteiger charge is 1.80. The smallest absolute Gasteiger partial charge is 0.0286 e. The molecule has 0 aromatic rings. The fourth-order valence-electron chi connectivity index (χ4n) is 0.433. The topological polar surface area (TPSA) is 0 Å². The molecule has 0 radical (unpaired) electrons. The van der Waals surface area contributed by atoms with E-state index >= 15 is 0 Å². The zero-order chi connectivity index (χ0) is 5.70. The molecule has 42 valence electrons. The molecular weight excluding hydrogens is 103 g/mol. The van der Waals surface area contributed by atoms with Gasteiger partial charge in [-0.2, -0.15) is 0 Å². The molecule has 0 saturated carbocycles. The van der Waals surface area contributed by atoms with E-state index in [1.54, 1.807) is 0 Å². The van der Waals surface area contributed by atoms with Gasteiger partial charge in [0.15, 0.2) is 0 Å². The Morgan fingerprint density at radius 2 is 2.29 bits per heavy atom. The van der Waals surface area contributed by atoms with Crippen molar-refractivity contribution >= 4 is 9.24 Å². The van der Waals surface area contributed by atoms with Crippen molar-refractivity contribution < 1.29 is 0 Å². The van der Waals surface area contributed by atoms with Crippen molar-refractivity contribution in [1.29, 1.82) is 0 Å². The molecule has 0 aliphatic rings. The Morgan fingerprint density at radius 3 is 2.43 bits per heavy atom. The minimum absolute atomic E-state index is 1.22. The Hall–Kier alpha value is 0.170. The summed E-state index contributed by atoms with van der Waals surface area (Å²) >= 11 is 0. The Balaban J connectivity index is 3.17. The predicted molar refractivity (Wildman–Crippen MR) is 38.4 cm³/mol. The second-order valence-corrected chi connectivity index (χ2v) is 2.36. The van der Waals surface area contributed by atoms with Crippen LogP contribution in [0.2, 0.25) is 0 Å². The van der Waals surface area contributed by atoms with E-state index < -0.39 is 0 Å². The van der Waals surface area contributed by atoms with Crippen molar-refractivity contribution in [1.82, 2.24) is 0 Å². The van der Waals surface area contributed by atoms with Crippen molar-refractivity contribution in [2.75, 3.05) is 0 Å². The molecule has 0 rings (SSSR count). The zero-order valence-corrected chi connectivity index (χ0v) is 6.22. The van der Waals surface area contributed by atoms with Gasteiger partial charge in [0.05, 0.1) is 0 Å². The maximum atomic E-state index is 2.72. The second kappa shape index (κ2) is 4.33. The van der Waals surface area contributed by atoms with Crippen molar-refractivity contribution in [3.63, 3.8) is 0 Å². The lowest BCUT2D eigenvalue weighted by atomic mass is 10.3. The summed E-state index contributed by atoms with van der Waals surface area (Å²) in [5.74, 6) is 0. The van der Waals surface area contributed by atoms with Crippen LogP contribution in [0.5, 0.6) is 0 Å². The van der Waals surface area contributed by atoms with E-state index in [2.05, 4.69) is 29.2 Å². The Bertz CT molecular complexity index is 64.6. The van der Waals surface area contributed by atoms with E-state index in [0.717, 1.165) is 0 Å². The van der Waals surface area contributed by atoms with Gasteiger partial charge in [-0.3, -0.25) is 0 Å². The first-order valence-electron chi connectivity index (χ1n) is 2.72. The molecule has 0 aliphatic heterocycles. The summed E-state index contributed by atoms with van der Waals surface area (Å²) in [4.78, 5) is 0. The van der Waals surface area contributed by atoms with E-state index in [-0.39, 0.29) is 0 Å². The minimum Gasteiger partial charge on any atom is -0.110 e. The molecule has 0 nitrogen and oxygen atoms in total. The van der Waals surface area contributed by atoms with Crippen molar-refractivity contribution in [2.45, 2.75) is 26.7 Å². The maximum absolute atomic E-state index is 2.72. The van der Waals surface area contributed by atoms with Gasteiger partial charge in [0.25, 0.3) is 0 Å². The van der Waals surface area contributed by atoms with Crippen LogP contribution >= 0.6 is 9.24 Å². The lowest BCUT2D eigenvalue weighted by Crippen LogP contribution is -1.65. The minimum atomic E-state index is 1.22. The van der Waals surface area contributed by atoms with Gasteiger partial charge in [-0.15, -0.1) is 9.24 Å². The van der Waals surface area contributed by atoms with Crippen LogP contribution in [0, 0.1) is 0 Å². The largest absolute Gasteiger partial charge is 0.110 e. The molecule has 0 fully saturated rings. The lowest BCUT2D eigenvalue weighted by Gasteiger charge is -1.90. The summed E-state index contributed by atoms with van der Waals surface area (Å²) in [6, 6.07) is 0. The van der Waals surface area contributed by atoms with Crippen molar-refractivity contribution in [2.24, 2.45) is 0 Å². The lowest BCUT2D eigenvalue weighted by molar-refractivity contribution is 0.945.